The summed E-state index contributed by atoms with van der Waals surface area (Å²) in [5.74, 6) is 0. The summed E-state index contributed by atoms with van der Waals surface area (Å²) in [5.41, 5.74) is -0.599. The predicted octanol–water partition coefficient (Wildman–Crippen LogP) is 1.54. The number of hydrogen-bond donors (Lipinski definition) is 2. The highest BCUT2D eigenvalue weighted by Gasteiger charge is 2.16. The van der Waals surface area contributed by atoms with Crippen LogP contribution in [-0.4, -0.2) is 38.2 Å². The van der Waals surface area contributed by atoms with Crippen molar-refractivity contribution in [2.45, 2.75) is 31.3 Å². The quantitative estimate of drug-likeness (QED) is 0.628. The zero-order valence-corrected chi connectivity index (χ0v) is 13.6. The fourth-order valence-corrected chi connectivity index (χ4v) is 2.36. The molecule has 2 N–H and O–H groups in total. The molecule has 0 aliphatic rings. The predicted molar refractivity (Wildman–Crippen MR) is 78.7 cm³/mol. The van der Waals surface area contributed by atoms with Gasteiger partial charge in [-0.05, 0) is 32.9 Å². The number of amides is 1. The number of aromatic nitrogens is 1. The average molecular weight is 336 g/mol. The van der Waals surface area contributed by atoms with Gasteiger partial charge in [0.1, 0.15) is 15.6 Å². The molecule has 21 heavy (non-hydrogen) atoms. The van der Waals surface area contributed by atoms with Crippen molar-refractivity contribution in [1.29, 1.82) is 0 Å². The summed E-state index contributed by atoms with van der Waals surface area (Å²) in [7, 11) is -3.67. The number of sulfonamides is 1. The van der Waals surface area contributed by atoms with Gasteiger partial charge in [-0.2, -0.15) is 0 Å². The molecule has 0 spiro atoms. The van der Waals surface area contributed by atoms with Crippen molar-refractivity contribution in [3.8, 4) is 0 Å². The third kappa shape index (κ3) is 6.74. The van der Waals surface area contributed by atoms with E-state index in [9.17, 15) is 13.2 Å². The van der Waals surface area contributed by atoms with Gasteiger partial charge in [0.05, 0.1) is 0 Å². The Morgan fingerprint density at radius 2 is 2.00 bits per heavy atom. The Balaban J connectivity index is 2.41. The van der Waals surface area contributed by atoms with Gasteiger partial charge >= 0.3 is 6.09 Å². The van der Waals surface area contributed by atoms with Crippen LogP contribution in [0.1, 0.15) is 20.8 Å². The van der Waals surface area contributed by atoms with Crippen LogP contribution in [0.25, 0.3) is 0 Å². The molecule has 0 saturated carbocycles. The highest BCUT2D eigenvalue weighted by atomic mass is 35.5. The summed E-state index contributed by atoms with van der Waals surface area (Å²) in [4.78, 5) is 15.1. The smallest absolute Gasteiger partial charge is 0.407 e. The Kier molecular flexibility index (Phi) is 5.94. The Bertz CT molecular complexity index is 582. The molecule has 1 amide bonds. The Labute approximate surface area is 129 Å². The summed E-state index contributed by atoms with van der Waals surface area (Å²) in [6.45, 7) is 5.35. The molecule has 118 valence electrons. The van der Waals surface area contributed by atoms with Crippen LogP contribution >= 0.6 is 11.6 Å². The van der Waals surface area contributed by atoms with Gasteiger partial charge in [-0.15, -0.1) is 0 Å². The van der Waals surface area contributed by atoms with Crippen LogP contribution in [0.2, 0.25) is 5.15 Å². The van der Waals surface area contributed by atoms with E-state index in [4.69, 9.17) is 16.3 Å². The van der Waals surface area contributed by atoms with Gasteiger partial charge in [-0.1, -0.05) is 11.6 Å². The molecule has 0 saturated heterocycles. The zero-order valence-electron chi connectivity index (χ0n) is 12.0. The first-order valence-corrected chi connectivity index (χ1v) is 8.04. The number of nitrogens with zero attached hydrogens (tertiary/aromatic N) is 1. The normalized spacial score (nSPS) is 12.0. The van der Waals surface area contributed by atoms with Crippen LogP contribution in [0.5, 0.6) is 0 Å². The molecule has 9 heteroatoms. The summed E-state index contributed by atoms with van der Waals surface area (Å²) >= 11 is 5.59. The number of carbonyl (C=O) groups excluding carboxylic acids is 1. The summed E-state index contributed by atoms with van der Waals surface area (Å²) in [5, 5.41) is 2.66. The standard InChI is InChI=1S/C12H18ClN3O4S/c1-12(2,3)20-11(17)14-6-7-16-21(18,19)9-4-5-10(13)15-8-9/h4-5,8,16H,6-7H2,1-3H3,(H,14,17). The van der Waals surface area contributed by atoms with E-state index in [1.807, 2.05) is 0 Å². The lowest BCUT2D eigenvalue weighted by molar-refractivity contribution is 0.0529. The van der Waals surface area contributed by atoms with Crippen LogP contribution in [0.4, 0.5) is 4.79 Å². The summed E-state index contributed by atoms with van der Waals surface area (Å²) in [6, 6.07) is 2.73. The van der Waals surface area contributed by atoms with Crippen molar-refractivity contribution in [3.05, 3.63) is 23.5 Å². The van der Waals surface area contributed by atoms with Gasteiger partial charge in [-0.3, -0.25) is 0 Å². The number of halogens is 1. The zero-order chi connectivity index (χ0) is 16.1. The van der Waals surface area contributed by atoms with Crippen molar-refractivity contribution in [1.82, 2.24) is 15.0 Å². The molecule has 0 aliphatic heterocycles. The van der Waals surface area contributed by atoms with Gasteiger partial charge in [-0.25, -0.2) is 22.9 Å². The fourth-order valence-electron chi connectivity index (χ4n) is 1.27. The first-order valence-electron chi connectivity index (χ1n) is 6.18. The average Bonchev–Trinajstić information content (AvgIpc) is 2.33. The molecule has 1 aromatic heterocycles. The van der Waals surface area contributed by atoms with Crippen LogP contribution in [0.15, 0.2) is 23.2 Å². The van der Waals surface area contributed by atoms with Crippen molar-refractivity contribution in [3.63, 3.8) is 0 Å². The molecule has 1 aromatic rings. The molecule has 0 aliphatic carbocycles. The van der Waals surface area contributed by atoms with Crippen molar-refractivity contribution in [2.24, 2.45) is 0 Å². The molecular formula is C12H18ClN3O4S. The van der Waals surface area contributed by atoms with E-state index >= 15 is 0 Å². The van der Waals surface area contributed by atoms with Crippen LogP contribution in [0.3, 0.4) is 0 Å². The van der Waals surface area contributed by atoms with Gasteiger partial charge in [0.2, 0.25) is 10.0 Å². The minimum atomic E-state index is -3.67. The minimum absolute atomic E-state index is 0.00386. The number of rotatable bonds is 5. The lowest BCUT2D eigenvalue weighted by atomic mass is 10.2. The third-order valence-corrected chi connectivity index (χ3v) is 3.77. The Morgan fingerprint density at radius 1 is 1.33 bits per heavy atom. The van der Waals surface area contributed by atoms with Crippen LogP contribution in [-0.2, 0) is 14.8 Å². The van der Waals surface area contributed by atoms with Crippen LogP contribution < -0.4 is 10.0 Å². The van der Waals surface area contributed by atoms with Gasteiger partial charge in [0.15, 0.2) is 0 Å². The van der Waals surface area contributed by atoms with Gasteiger partial charge < -0.3 is 10.1 Å². The monoisotopic (exact) mass is 335 g/mol. The second kappa shape index (κ2) is 7.06. The van der Waals surface area contributed by atoms with Crippen LogP contribution in [0, 0.1) is 0 Å². The molecular weight excluding hydrogens is 318 g/mol. The lowest BCUT2D eigenvalue weighted by Gasteiger charge is -2.19. The lowest BCUT2D eigenvalue weighted by Crippen LogP contribution is -2.37. The number of pyridine rings is 1. The van der Waals surface area contributed by atoms with E-state index in [0.29, 0.717) is 0 Å². The molecule has 0 bridgehead atoms. The second-order valence-corrected chi connectivity index (χ2v) is 7.30. The topological polar surface area (TPSA) is 97.4 Å². The maximum atomic E-state index is 11.9. The number of nitrogens with one attached hydrogen (secondary N) is 2. The molecule has 1 rings (SSSR count). The highest BCUT2D eigenvalue weighted by molar-refractivity contribution is 7.89. The van der Waals surface area contributed by atoms with E-state index in [-0.39, 0.29) is 23.1 Å². The van der Waals surface area contributed by atoms with Crippen molar-refractivity contribution < 1.29 is 17.9 Å². The number of carbonyl (C=O) groups is 1. The van der Waals surface area contributed by atoms with E-state index < -0.39 is 21.7 Å². The number of alkyl carbamates (subject to hydrolysis) is 1. The molecule has 0 atom stereocenters. The van der Waals surface area contributed by atoms with Gasteiger partial charge in [0, 0.05) is 19.3 Å². The number of hydrogen-bond acceptors (Lipinski definition) is 5. The molecule has 1 heterocycles. The maximum Gasteiger partial charge on any atom is 0.407 e. The molecule has 0 aromatic carbocycles. The van der Waals surface area contributed by atoms with E-state index in [2.05, 4.69) is 15.0 Å². The Hall–Kier alpha value is -1.38. The fraction of sp³-hybridized carbons (Fsp3) is 0.500. The summed E-state index contributed by atoms with van der Waals surface area (Å²) in [6.07, 6.45) is 0.557. The highest BCUT2D eigenvalue weighted by Crippen LogP contribution is 2.10. The summed E-state index contributed by atoms with van der Waals surface area (Å²) < 4.78 is 31.1. The van der Waals surface area contributed by atoms with Crippen molar-refractivity contribution in [2.75, 3.05) is 13.1 Å². The number of ether oxygens (including phenoxy) is 1. The molecule has 0 fully saturated rings. The SMILES string of the molecule is CC(C)(C)OC(=O)NCCNS(=O)(=O)c1ccc(Cl)nc1. The molecule has 0 radical (unpaired) electrons. The van der Waals surface area contributed by atoms with E-state index in [1.165, 1.54) is 12.1 Å². The largest absolute Gasteiger partial charge is 0.444 e. The first-order chi connectivity index (χ1) is 9.60. The van der Waals surface area contributed by atoms with Gasteiger partial charge in [0.25, 0.3) is 0 Å². The van der Waals surface area contributed by atoms with E-state index in [0.717, 1.165) is 6.20 Å². The second-order valence-electron chi connectivity index (χ2n) is 5.14. The van der Waals surface area contributed by atoms with E-state index in [1.54, 1.807) is 20.8 Å². The maximum absolute atomic E-state index is 11.9. The minimum Gasteiger partial charge on any atom is -0.444 e. The first kappa shape index (κ1) is 17.7. The molecule has 0 unspecified atom stereocenters. The third-order valence-electron chi connectivity index (χ3n) is 2.10. The molecule has 7 nitrogen and oxygen atoms in total. The Morgan fingerprint density at radius 3 is 2.52 bits per heavy atom. The van der Waals surface area contributed by atoms with Crippen molar-refractivity contribution >= 4 is 27.7 Å².